The molecule has 0 radical (unpaired) electrons. The van der Waals surface area contributed by atoms with Gasteiger partial charge >= 0.3 is 0 Å². The summed E-state index contributed by atoms with van der Waals surface area (Å²) in [5.41, 5.74) is 6.55. The van der Waals surface area contributed by atoms with E-state index in [9.17, 15) is 9.59 Å². The first-order valence-corrected chi connectivity index (χ1v) is 11.1. The van der Waals surface area contributed by atoms with Gasteiger partial charge in [0.15, 0.2) is 0 Å². The van der Waals surface area contributed by atoms with Crippen molar-refractivity contribution in [3.63, 3.8) is 0 Å². The summed E-state index contributed by atoms with van der Waals surface area (Å²) >= 11 is 0. The van der Waals surface area contributed by atoms with Gasteiger partial charge in [-0.05, 0) is 78.1 Å². The average molecular weight is 431 g/mol. The molecule has 0 aliphatic heterocycles. The molecule has 4 rings (SSSR count). The van der Waals surface area contributed by atoms with Crippen LogP contribution in [-0.4, -0.2) is 21.8 Å². The number of rotatable bonds is 8. The van der Waals surface area contributed by atoms with Crippen molar-refractivity contribution in [2.45, 2.75) is 46.7 Å². The lowest BCUT2D eigenvalue weighted by atomic mass is 10.0. The van der Waals surface area contributed by atoms with Gasteiger partial charge in [0.05, 0.1) is 0 Å². The van der Waals surface area contributed by atoms with Gasteiger partial charge < -0.3 is 20.6 Å². The molecule has 0 saturated heterocycles. The maximum absolute atomic E-state index is 12.3. The molecule has 0 aliphatic carbocycles. The first-order valence-electron chi connectivity index (χ1n) is 11.1. The Morgan fingerprint density at radius 1 is 0.750 bits per heavy atom. The van der Waals surface area contributed by atoms with E-state index in [4.69, 9.17) is 0 Å². The highest BCUT2D eigenvalue weighted by molar-refractivity contribution is 5.83. The minimum Gasteiger partial charge on any atom is -0.359 e. The molecule has 2 aromatic heterocycles. The molecular weight excluding hydrogens is 400 g/mol. The molecule has 0 spiro atoms. The van der Waals surface area contributed by atoms with E-state index in [-0.39, 0.29) is 17.7 Å². The second-order valence-electron chi connectivity index (χ2n) is 8.81. The zero-order valence-electron chi connectivity index (χ0n) is 18.8. The molecule has 2 amide bonds. The summed E-state index contributed by atoms with van der Waals surface area (Å²) in [4.78, 5) is 31.3. The van der Waals surface area contributed by atoms with Crippen LogP contribution in [-0.2, 0) is 22.7 Å². The van der Waals surface area contributed by atoms with E-state index in [1.807, 2.05) is 45.0 Å². The minimum absolute atomic E-state index is 0.0281. The molecule has 0 unspecified atom stereocenters. The fourth-order valence-corrected chi connectivity index (χ4v) is 4.13. The summed E-state index contributed by atoms with van der Waals surface area (Å²) in [7, 11) is 0. The topological polar surface area (TPSA) is 89.8 Å². The van der Waals surface area contributed by atoms with Crippen LogP contribution in [0.15, 0.2) is 48.5 Å². The molecule has 0 atom stereocenters. The van der Waals surface area contributed by atoms with Gasteiger partial charge in [-0.1, -0.05) is 19.1 Å². The normalized spacial score (nSPS) is 11.4. The number of fused-ring (bicyclic) bond motifs is 2. The van der Waals surface area contributed by atoms with Crippen LogP contribution in [0.25, 0.3) is 21.8 Å². The largest absolute Gasteiger partial charge is 0.359 e. The number of amides is 2. The zero-order valence-corrected chi connectivity index (χ0v) is 18.8. The van der Waals surface area contributed by atoms with Gasteiger partial charge in [-0.15, -0.1) is 0 Å². The van der Waals surface area contributed by atoms with Crippen molar-refractivity contribution in [1.29, 1.82) is 0 Å². The van der Waals surface area contributed by atoms with E-state index in [2.05, 4.69) is 44.9 Å². The van der Waals surface area contributed by atoms with Crippen molar-refractivity contribution in [2.24, 2.45) is 5.92 Å². The van der Waals surface area contributed by atoms with Crippen molar-refractivity contribution >= 4 is 33.6 Å². The van der Waals surface area contributed by atoms with E-state index in [1.54, 1.807) is 0 Å². The molecule has 4 N–H and O–H groups in total. The lowest BCUT2D eigenvalue weighted by Crippen LogP contribution is -2.28. The zero-order chi connectivity index (χ0) is 22.7. The highest BCUT2D eigenvalue weighted by atomic mass is 16.2. The Morgan fingerprint density at radius 3 is 1.62 bits per heavy atom. The van der Waals surface area contributed by atoms with Crippen molar-refractivity contribution in [2.75, 3.05) is 0 Å². The van der Waals surface area contributed by atoms with Crippen LogP contribution in [0.3, 0.4) is 0 Å². The molecule has 0 bridgehead atoms. The van der Waals surface area contributed by atoms with E-state index < -0.39 is 0 Å². The predicted molar refractivity (Wildman–Crippen MR) is 128 cm³/mol. The van der Waals surface area contributed by atoms with Gasteiger partial charge in [-0.3, -0.25) is 9.59 Å². The van der Waals surface area contributed by atoms with Crippen LogP contribution in [0.5, 0.6) is 0 Å². The van der Waals surface area contributed by atoms with Crippen molar-refractivity contribution in [1.82, 2.24) is 20.6 Å². The Kier molecular flexibility index (Phi) is 6.30. The summed E-state index contributed by atoms with van der Waals surface area (Å²) in [6, 6.07) is 16.5. The van der Waals surface area contributed by atoms with Gasteiger partial charge in [0, 0.05) is 48.4 Å². The van der Waals surface area contributed by atoms with Gasteiger partial charge in [0.25, 0.3) is 0 Å². The summed E-state index contributed by atoms with van der Waals surface area (Å²) in [6.07, 6.45) is 0.654. The smallest absolute Gasteiger partial charge is 0.220 e. The van der Waals surface area contributed by atoms with Crippen LogP contribution in [0.2, 0.25) is 0 Å². The fraction of sp³-hybridized carbons (Fsp3) is 0.308. The summed E-state index contributed by atoms with van der Waals surface area (Å²) in [5.74, 6) is -0.104. The van der Waals surface area contributed by atoms with Crippen LogP contribution in [0, 0.1) is 19.8 Å². The Bertz CT molecular complexity index is 1170. The summed E-state index contributed by atoms with van der Waals surface area (Å²) in [6.45, 7) is 6.96. The number of hydrogen-bond acceptors (Lipinski definition) is 2. The molecule has 2 heterocycles. The van der Waals surface area contributed by atoms with Gasteiger partial charge in [-0.25, -0.2) is 0 Å². The minimum atomic E-state index is -0.0380. The second kappa shape index (κ2) is 9.30. The molecule has 0 saturated carbocycles. The maximum Gasteiger partial charge on any atom is 0.220 e. The highest BCUT2D eigenvalue weighted by Gasteiger charge is 2.13. The standard InChI is InChI=1S/C26H30N4O2/c1-16(8-25(31)27-14-19-4-6-23-21(12-19)10-17(2)29-23)9-26(32)28-15-20-5-7-24-22(13-20)11-18(3)30-24/h4-7,10-13,16,29-30H,8-9,14-15H2,1-3H3,(H,27,31)(H,28,32). The Morgan fingerprint density at radius 2 is 1.19 bits per heavy atom. The van der Waals surface area contributed by atoms with Crippen LogP contribution < -0.4 is 10.6 Å². The molecule has 0 aliphatic rings. The maximum atomic E-state index is 12.3. The van der Waals surface area contributed by atoms with E-state index in [0.717, 1.165) is 44.3 Å². The summed E-state index contributed by atoms with van der Waals surface area (Å²) < 4.78 is 0. The van der Waals surface area contributed by atoms with Crippen LogP contribution in [0.1, 0.15) is 42.3 Å². The number of carbonyl (C=O) groups is 2. The lowest BCUT2D eigenvalue weighted by molar-refractivity contribution is -0.124. The quantitative estimate of drug-likeness (QED) is 0.329. The third-order valence-electron chi connectivity index (χ3n) is 5.69. The fourth-order valence-electron chi connectivity index (χ4n) is 4.13. The van der Waals surface area contributed by atoms with Gasteiger partial charge in [0.2, 0.25) is 11.8 Å². The molecule has 4 aromatic rings. The number of benzene rings is 2. The van der Waals surface area contributed by atoms with Gasteiger partial charge in [-0.2, -0.15) is 0 Å². The molecule has 0 fully saturated rings. The molecule has 6 nitrogen and oxygen atoms in total. The molecular formula is C26H30N4O2. The first kappa shape index (κ1) is 21.7. The van der Waals surface area contributed by atoms with Crippen molar-refractivity contribution < 1.29 is 9.59 Å². The Hall–Kier alpha value is -3.54. The number of H-pyrrole nitrogens is 2. The van der Waals surface area contributed by atoms with E-state index in [0.29, 0.717) is 25.9 Å². The number of carbonyl (C=O) groups excluding carboxylic acids is 2. The van der Waals surface area contributed by atoms with E-state index in [1.165, 1.54) is 0 Å². The van der Waals surface area contributed by atoms with Crippen LogP contribution in [0.4, 0.5) is 0 Å². The number of hydrogen-bond donors (Lipinski definition) is 4. The number of nitrogens with one attached hydrogen (secondary N) is 4. The molecule has 6 heteroatoms. The third kappa shape index (κ3) is 5.38. The first-order chi connectivity index (χ1) is 15.4. The number of aromatic nitrogens is 2. The average Bonchev–Trinajstić information content (AvgIpc) is 3.29. The summed E-state index contributed by atoms with van der Waals surface area (Å²) in [5, 5.41) is 8.22. The molecule has 32 heavy (non-hydrogen) atoms. The van der Waals surface area contributed by atoms with E-state index >= 15 is 0 Å². The van der Waals surface area contributed by atoms with Crippen molar-refractivity contribution in [3.05, 3.63) is 71.0 Å². The number of aryl methyl sites for hydroxylation is 2. The Labute approximate surface area is 187 Å². The van der Waals surface area contributed by atoms with Crippen LogP contribution >= 0.6 is 0 Å². The number of aromatic amines is 2. The molecule has 2 aromatic carbocycles. The lowest BCUT2D eigenvalue weighted by Gasteiger charge is -2.12. The van der Waals surface area contributed by atoms with Crippen molar-refractivity contribution in [3.8, 4) is 0 Å². The Balaban J connectivity index is 1.20. The molecule has 166 valence electrons. The third-order valence-corrected chi connectivity index (χ3v) is 5.69. The SMILES string of the molecule is Cc1cc2cc(CNC(=O)CC(C)CC(=O)NCc3ccc4[nH]c(C)cc4c3)ccc2[nH]1. The van der Waals surface area contributed by atoms with Gasteiger partial charge in [0.1, 0.15) is 0 Å². The second-order valence-corrected chi connectivity index (χ2v) is 8.81. The predicted octanol–water partition coefficient (Wildman–Crippen LogP) is 4.61. The highest BCUT2D eigenvalue weighted by Crippen LogP contribution is 2.18. The monoisotopic (exact) mass is 430 g/mol.